The van der Waals surface area contributed by atoms with E-state index < -0.39 is 0 Å². The lowest BCUT2D eigenvalue weighted by molar-refractivity contribution is 0.475. The van der Waals surface area contributed by atoms with E-state index in [2.05, 4.69) is 5.32 Å². The van der Waals surface area contributed by atoms with Crippen molar-refractivity contribution in [3.05, 3.63) is 99.5 Å². The number of aliphatic imine (C=N–C) groups is 1. The predicted molar refractivity (Wildman–Crippen MR) is 106 cm³/mol. The van der Waals surface area contributed by atoms with Gasteiger partial charge in [-0.2, -0.15) is 0 Å². The number of hydrogen-bond donors (Lipinski definition) is 2. The van der Waals surface area contributed by atoms with Crippen LogP contribution in [0, 0.1) is 0 Å². The maximum absolute atomic E-state index is 9.79. The molecule has 26 heavy (non-hydrogen) atoms. The van der Waals surface area contributed by atoms with Crippen LogP contribution in [-0.2, 0) is 0 Å². The summed E-state index contributed by atoms with van der Waals surface area (Å²) in [5.41, 5.74) is 3.01. The molecule has 1 aliphatic heterocycles. The van der Waals surface area contributed by atoms with Crippen molar-refractivity contribution in [2.24, 2.45) is 4.99 Å². The van der Waals surface area contributed by atoms with E-state index in [4.69, 9.17) is 28.2 Å². The molecular weight excluding hydrogens is 367 g/mol. The van der Waals surface area contributed by atoms with Gasteiger partial charge in [-0.1, -0.05) is 59.6 Å². The fourth-order valence-electron chi connectivity index (χ4n) is 3.15. The van der Waals surface area contributed by atoms with Gasteiger partial charge < -0.3 is 10.4 Å². The molecule has 0 fully saturated rings. The van der Waals surface area contributed by atoms with E-state index in [1.165, 1.54) is 0 Å². The molecule has 0 spiro atoms. The minimum atomic E-state index is -0.106. The van der Waals surface area contributed by atoms with Gasteiger partial charge in [-0.15, -0.1) is 0 Å². The highest BCUT2D eigenvalue weighted by molar-refractivity contribution is 6.30. The second kappa shape index (κ2) is 7.02. The minimum absolute atomic E-state index is 0.0363. The van der Waals surface area contributed by atoms with Gasteiger partial charge in [0, 0.05) is 15.6 Å². The van der Waals surface area contributed by atoms with E-state index in [1.54, 1.807) is 12.1 Å². The van der Waals surface area contributed by atoms with Gasteiger partial charge in [0.25, 0.3) is 0 Å². The Balaban J connectivity index is 1.75. The van der Waals surface area contributed by atoms with Crippen LogP contribution in [-0.4, -0.2) is 10.9 Å². The molecule has 2 atom stereocenters. The van der Waals surface area contributed by atoms with Gasteiger partial charge in [-0.05, 0) is 47.5 Å². The van der Waals surface area contributed by atoms with Crippen LogP contribution in [0.5, 0.6) is 5.75 Å². The van der Waals surface area contributed by atoms with Crippen LogP contribution in [0.3, 0.4) is 0 Å². The number of aromatic hydroxyl groups is 1. The molecule has 130 valence electrons. The van der Waals surface area contributed by atoms with Crippen molar-refractivity contribution in [3.8, 4) is 5.75 Å². The lowest BCUT2D eigenvalue weighted by Crippen LogP contribution is -2.25. The van der Waals surface area contributed by atoms with Crippen LogP contribution in [0.1, 0.15) is 28.8 Å². The zero-order valence-electron chi connectivity index (χ0n) is 13.7. The number of benzene rings is 3. The third-order valence-corrected chi connectivity index (χ3v) is 4.94. The third kappa shape index (κ3) is 3.41. The Morgan fingerprint density at radius 1 is 0.808 bits per heavy atom. The smallest absolute Gasteiger partial charge is 0.129 e. The zero-order valence-corrected chi connectivity index (χ0v) is 15.2. The molecule has 4 rings (SSSR count). The lowest BCUT2D eigenvalue weighted by Gasteiger charge is -2.20. The molecule has 0 saturated heterocycles. The van der Waals surface area contributed by atoms with E-state index in [0.717, 1.165) is 22.5 Å². The van der Waals surface area contributed by atoms with Crippen LogP contribution in [0.25, 0.3) is 0 Å². The van der Waals surface area contributed by atoms with Crippen molar-refractivity contribution in [1.29, 1.82) is 0 Å². The summed E-state index contributed by atoms with van der Waals surface area (Å²) in [7, 11) is 0. The molecule has 0 unspecified atom stereocenters. The molecule has 1 aliphatic rings. The van der Waals surface area contributed by atoms with Crippen molar-refractivity contribution in [2.75, 3.05) is 0 Å². The Kier molecular flexibility index (Phi) is 4.58. The zero-order chi connectivity index (χ0) is 18.1. The molecule has 1 heterocycles. The first-order valence-corrected chi connectivity index (χ1v) is 9.00. The maximum atomic E-state index is 9.79. The molecule has 0 aromatic heterocycles. The van der Waals surface area contributed by atoms with E-state index in [9.17, 15) is 5.11 Å². The lowest BCUT2D eigenvalue weighted by atomic mass is 9.95. The average Bonchev–Trinajstić information content (AvgIpc) is 3.08. The topological polar surface area (TPSA) is 44.6 Å². The van der Waals surface area contributed by atoms with Crippen molar-refractivity contribution < 1.29 is 5.11 Å². The summed E-state index contributed by atoms with van der Waals surface area (Å²) in [5, 5.41) is 14.7. The van der Waals surface area contributed by atoms with E-state index in [1.807, 2.05) is 60.7 Å². The number of amidine groups is 1. The average molecular weight is 383 g/mol. The van der Waals surface area contributed by atoms with Gasteiger partial charge in [0.05, 0.1) is 6.04 Å². The third-order valence-electron chi connectivity index (χ3n) is 4.44. The molecule has 2 N–H and O–H groups in total. The normalized spacial score (nSPS) is 19.1. The van der Waals surface area contributed by atoms with E-state index >= 15 is 0 Å². The van der Waals surface area contributed by atoms with Gasteiger partial charge in [0.2, 0.25) is 0 Å². The van der Waals surface area contributed by atoms with Crippen LogP contribution >= 0.6 is 23.2 Å². The summed E-state index contributed by atoms with van der Waals surface area (Å²) < 4.78 is 0. The highest BCUT2D eigenvalue weighted by atomic mass is 35.5. The number of phenolic OH excluding ortho intramolecular Hbond substituents is 1. The molecule has 3 aromatic rings. The first-order chi connectivity index (χ1) is 12.6. The van der Waals surface area contributed by atoms with Gasteiger partial charge >= 0.3 is 0 Å². The van der Waals surface area contributed by atoms with Gasteiger partial charge in [0.1, 0.15) is 17.6 Å². The van der Waals surface area contributed by atoms with Crippen molar-refractivity contribution in [3.63, 3.8) is 0 Å². The maximum Gasteiger partial charge on any atom is 0.129 e. The van der Waals surface area contributed by atoms with Gasteiger partial charge in [-0.3, -0.25) is 4.99 Å². The number of halogens is 2. The highest BCUT2D eigenvalue weighted by Gasteiger charge is 2.31. The summed E-state index contributed by atoms with van der Waals surface area (Å²) in [4.78, 5) is 4.90. The largest absolute Gasteiger partial charge is 0.508 e. The SMILES string of the molecule is Oc1cccc(C2=N[C@H](c3ccc(Cl)cc3)[C@H](c3ccc(Cl)cc3)N2)c1. The van der Waals surface area contributed by atoms with Crippen molar-refractivity contribution in [2.45, 2.75) is 12.1 Å². The summed E-state index contributed by atoms with van der Waals surface area (Å²) in [6.07, 6.45) is 0. The second-order valence-electron chi connectivity index (χ2n) is 6.20. The second-order valence-corrected chi connectivity index (χ2v) is 7.07. The van der Waals surface area contributed by atoms with Crippen molar-refractivity contribution in [1.82, 2.24) is 5.32 Å². The predicted octanol–water partition coefficient (Wildman–Crippen LogP) is 5.53. The van der Waals surface area contributed by atoms with Gasteiger partial charge in [0.15, 0.2) is 0 Å². The van der Waals surface area contributed by atoms with Crippen LogP contribution in [0.4, 0.5) is 0 Å². The van der Waals surface area contributed by atoms with Crippen LogP contribution in [0.2, 0.25) is 10.0 Å². The summed E-state index contributed by atoms with van der Waals surface area (Å²) in [6, 6.07) is 22.4. The molecular formula is C21H16Cl2N2O. The summed E-state index contributed by atoms with van der Waals surface area (Å²) >= 11 is 12.1. The molecule has 3 nitrogen and oxygen atoms in total. The first-order valence-electron chi connectivity index (χ1n) is 8.25. The monoisotopic (exact) mass is 382 g/mol. The molecule has 5 heteroatoms. The van der Waals surface area contributed by atoms with Crippen LogP contribution < -0.4 is 5.32 Å². The van der Waals surface area contributed by atoms with Gasteiger partial charge in [-0.25, -0.2) is 0 Å². The fourth-order valence-corrected chi connectivity index (χ4v) is 3.40. The molecule has 3 aromatic carbocycles. The van der Waals surface area contributed by atoms with E-state index in [-0.39, 0.29) is 17.8 Å². The Morgan fingerprint density at radius 2 is 1.42 bits per heavy atom. The molecule has 0 radical (unpaired) electrons. The summed E-state index contributed by atoms with van der Waals surface area (Å²) in [6.45, 7) is 0. The number of nitrogens with zero attached hydrogens (tertiary/aromatic N) is 1. The molecule has 0 amide bonds. The fraction of sp³-hybridized carbons (Fsp3) is 0.0952. The number of nitrogens with one attached hydrogen (secondary N) is 1. The quantitative estimate of drug-likeness (QED) is 0.625. The summed E-state index contributed by atoms with van der Waals surface area (Å²) in [5.74, 6) is 0.964. The Morgan fingerprint density at radius 3 is 2.04 bits per heavy atom. The molecule has 0 aliphatic carbocycles. The molecule has 0 saturated carbocycles. The Labute approximate surface area is 161 Å². The number of rotatable bonds is 3. The first kappa shape index (κ1) is 17.0. The van der Waals surface area contributed by atoms with Crippen molar-refractivity contribution >= 4 is 29.0 Å². The highest BCUT2D eigenvalue weighted by Crippen LogP contribution is 2.38. The van der Waals surface area contributed by atoms with Crippen LogP contribution in [0.15, 0.2) is 77.8 Å². The number of hydrogen-bond acceptors (Lipinski definition) is 3. The molecule has 0 bridgehead atoms. The minimum Gasteiger partial charge on any atom is -0.508 e. The Hall–Kier alpha value is -2.49. The number of phenols is 1. The Bertz CT molecular complexity index is 953. The standard InChI is InChI=1S/C21H16Cl2N2O/c22-16-8-4-13(5-9-16)19-20(14-6-10-17(23)11-7-14)25-21(24-19)15-2-1-3-18(26)12-15/h1-12,19-20,26H,(H,24,25)/t19-,20+. The van der Waals surface area contributed by atoms with E-state index in [0.29, 0.717) is 10.0 Å².